The van der Waals surface area contributed by atoms with Gasteiger partial charge >= 0.3 is 0 Å². The lowest BCUT2D eigenvalue weighted by atomic mass is 10.0. The van der Waals surface area contributed by atoms with Gasteiger partial charge in [0.15, 0.2) is 5.75 Å². The van der Waals surface area contributed by atoms with E-state index in [-0.39, 0.29) is 0 Å². The number of ether oxygens (including phenoxy) is 1. The average Bonchev–Trinajstić information content (AvgIpc) is 2.34. The molecule has 19 heavy (non-hydrogen) atoms. The molecule has 0 aromatic heterocycles. The van der Waals surface area contributed by atoms with Gasteiger partial charge in [0.2, 0.25) is 0 Å². The van der Waals surface area contributed by atoms with E-state index in [1.165, 1.54) is 5.56 Å². The Morgan fingerprint density at radius 1 is 1.00 bits per heavy atom. The SMILES string of the molecule is CC(C)c1ccc(Oc2c(Cl)cc(N)cc2Cl)cc1. The first-order chi connectivity index (χ1) is 8.97. The smallest absolute Gasteiger partial charge is 0.164 e. The van der Waals surface area contributed by atoms with Crippen LogP contribution in [0.3, 0.4) is 0 Å². The summed E-state index contributed by atoms with van der Waals surface area (Å²) < 4.78 is 5.71. The summed E-state index contributed by atoms with van der Waals surface area (Å²) in [6, 6.07) is 11.1. The zero-order valence-electron chi connectivity index (χ0n) is 10.8. The van der Waals surface area contributed by atoms with Crippen molar-refractivity contribution in [3.8, 4) is 11.5 Å². The Hall–Kier alpha value is -1.38. The number of halogens is 2. The summed E-state index contributed by atoms with van der Waals surface area (Å²) in [6.07, 6.45) is 0. The fraction of sp³-hybridized carbons (Fsp3) is 0.200. The van der Waals surface area contributed by atoms with Crippen LogP contribution in [-0.2, 0) is 0 Å². The maximum absolute atomic E-state index is 6.08. The molecule has 2 aromatic rings. The van der Waals surface area contributed by atoms with Crippen molar-refractivity contribution < 1.29 is 4.74 Å². The van der Waals surface area contributed by atoms with Gasteiger partial charge in [-0.05, 0) is 35.7 Å². The third-order valence-corrected chi connectivity index (χ3v) is 3.35. The molecule has 0 saturated carbocycles. The minimum Gasteiger partial charge on any atom is -0.454 e. The molecule has 0 fully saturated rings. The molecule has 0 saturated heterocycles. The van der Waals surface area contributed by atoms with E-state index in [0.717, 1.165) is 0 Å². The van der Waals surface area contributed by atoms with Crippen molar-refractivity contribution in [3.05, 3.63) is 52.0 Å². The second-order valence-corrected chi connectivity index (χ2v) is 5.45. The van der Waals surface area contributed by atoms with Crippen LogP contribution in [0.25, 0.3) is 0 Å². The van der Waals surface area contributed by atoms with E-state index in [1.807, 2.05) is 24.3 Å². The lowest BCUT2D eigenvalue weighted by Crippen LogP contribution is -1.91. The fourth-order valence-corrected chi connectivity index (χ4v) is 2.30. The second kappa shape index (κ2) is 5.72. The van der Waals surface area contributed by atoms with Crippen LogP contribution in [0.15, 0.2) is 36.4 Å². The molecule has 4 heteroatoms. The van der Waals surface area contributed by atoms with E-state index < -0.39 is 0 Å². The highest BCUT2D eigenvalue weighted by Crippen LogP contribution is 2.38. The van der Waals surface area contributed by atoms with Crippen molar-refractivity contribution in [2.75, 3.05) is 5.73 Å². The zero-order valence-corrected chi connectivity index (χ0v) is 12.3. The van der Waals surface area contributed by atoms with Crippen LogP contribution >= 0.6 is 23.2 Å². The predicted molar refractivity (Wildman–Crippen MR) is 81.5 cm³/mol. The Morgan fingerprint density at radius 3 is 2.00 bits per heavy atom. The summed E-state index contributed by atoms with van der Waals surface area (Å²) in [4.78, 5) is 0. The zero-order chi connectivity index (χ0) is 14.0. The molecule has 0 aliphatic carbocycles. The predicted octanol–water partition coefficient (Wildman–Crippen LogP) is 5.49. The van der Waals surface area contributed by atoms with Crippen LogP contribution in [0.5, 0.6) is 11.5 Å². The highest BCUT2D eigenvalue weighted by molar-refractivity contribution is 6.37. The topological polar surface area (TPSA) is 35.2 Å². The Labute approximate surface area is 123 Å². The molecule has 2 N–H and O–H groups in total. The monoisotopic (exact) mass is 295 g/mol. The van der Waals surface area contributed by atoms with E-state index in [2.05, 4.69) is 13.8 Å². The largest absolute Gasteiger partial charge is 0.454 e. The van der Waals surface area contributed by atoms with Gasteiger partial charge < -0.3 is 10.5 Å². The normalized spacial score (nSPS) is 10.8. The van der Waals surface area contributed by atoms with Gasteiger partial charge in [-0.2, -0.15) is 0 Å². The molecule has 2 aromatic carbocycles. The molecular formula is C15H15Cl2NO. The van der Waals surface area contributed by atoms with E-state index in [4.69, 9.17) is 33.7 Å². The molecule has 0 spiro atoms. The number of hydrogen-bond acceptors (Lipinski definition) is 2. The third-order valence-electron chi connectivity index (χ3n) is 2.79. The second-order valence-electron chi connectivity index (χ2n) is 4.64. The van der Waals surface area contributed by atoms with E-state index in [9.17, 15) is 0 Å². The molecular weight excluding hydrogens is 281 g/mol. The van der Waals surface area contributed by atoms with Crippen LogP contribution in [0, 0.1) is 0 Å². The van der Waals surface area contributed by atoms with Gasteiger partial charge in [0.05, 0.1) is 10.0 Å². The Kier molecular flexibility index (Phi) is 4.23. The molecule has 0 radical (unpaired) electrons. The fourth-order valence-electron chi connectivity index (χ4n) is 1.72. The number of rotatable bonds is 3. The van der Waals surface area contributed by atoms with Gasteiger partial charge in [0, 0.05) is 5.69 Å². The minimum absolute atomic E-state index is 0.401. The lowest BCUT2D eigenvalue weighted by Gasteiger charge is -2.11. The molecule has 0 amide bonds. The maximum Gasteiger partial charge on any atom is 0.164 e. The van der Waals surface area contributed by atoms with Crippen LogP contribution in [-0.4, -0.2) is 0 Å². The molecule has 0 atom stereocenters. The molecule has 0 bridgehead atoms. The summed E-state index contributed by atoms with van der Waals surface area (Å²) in [7, 11) is 0. The molecule has 0 aliphatic rings. The van der Waals surface area contributed by atoms with E-state index in [1.54, 1.807) is 12.1 Å². The van der Waals surface area contributed by atoms with Gasteiger partial charge in [0.1, 0.15) is 5.75 Å². The molecule has 0 unspecified atom stereocenters. The van der Waals surface area contributed by atoms with Crippen molar-refractivity contribution in [2.24, 2.45) is 0 Å². The summed E-state index contributed by atoms with van der Waals surface area (Å²) in [6.45, 7) is 4.28. The van der Waals surface area contributed by atoms with E-state index in [0.29, 0.717) is 33.1 Å². The third kappa shape index (κ3) is 3.34. The Bertz CT molecular complexity index is 556. The van der Waals surface area contributed by atoms with Gasteiger partial charge in [-0.1, -0.05) is 49.2 Å². The van der Waals surface area contributed by atoms with Crippen molar-refractivity contribution in [1.82, 2.24) is 0 Å². The molecule has 100 valence electrons. The molecule has 2 rings (SSSR count). The number of nitrogens with two attached hydrogens (primary N) is 1. The Morgan fingerprint density at radius 2 is 1.53 bits per heavy atom. The molecule has 0 aliphatic heterocycles. The number of hydrogen-bond donors (Lipinski definition) is 1. The standard InChI is InChI=1S/C15H15Cl2NO/c1-9(2)10-3-5-12(6-4-10)19-15-13(16)7-11(18)8-14(15)17/h3-9H,18H2,1-2H3. The first-order valence-corrected chi connectivity index (χ1v) is 6.75. The van der Waals surface area contributed by atoms with Gasteiger partial charge in [-0.15, -0.1) is 0 Å². The van der Waals surface area contributed by atoms with Crippen molar-refractivity contribution in [3.63, 3.8) is 0 Å². The highest BCUT2D eigenvalue weighted by Gasteiger charge is 2.10. The number of anilines is 1. The average molecular weight is 296 g/mol. The van der Waals surface area contributed by atoms with Gasteiger partial charge in [-0.25, -0.2) is 0 Å². The summed E-state index contributed by atoms with van der Waals surface area (Å²) in [5.74, 6) is 1.60. The maximum atomic E-state index is 6.08. The van der Waals surface area contributed by atoms with Crippen LogP contribution in [0.1, 0.15) is 25.3 Å². The first-order valence-electron chi connectivity index (χ1n) is 5.99. The molecule has 0 heterocycles. The van der Waals surface area contributed by atoms with Crippen LogP contribution in [0.2, 0.25) is 10.0 Å². The summed E-state index contributed by atoms with van der Waals surface area (Å²) in [5.41, 5.74) is 7.41. The van der Waals surface area contributed by atoms with Crippen LogP contribution in [0.4, 0.5) is 5.69 Å². The molecule has 2 nitrogen and oxygen atoms in total. The van der Waals surface area contributed by atoms with E-state index >= 15 is 0 Å². The van der Waals surface area contributed by atoms with Crippen molar-refractivity contribution >= 4 is 28.9 Å². The quantitative estimate of drug-likeness (QED) is 0.760. The first kappa shape index (κ1) is 14.0. The van der Waals surface area contributed by atoms with Gasteiger partial charge in [0.25, 0.3) is 0 Å². The summed E-state index contributed by atoms with van der Waals surface area (Å²) in [5, 5.41) is 0.802. The summed E-state index contributed by atoms with van der Waals surface area (Å²) >= 11 is 12.2. The number of nitrogen functional groups attached to an aromatic ring is 1. The number of benzene rings is 2. The highest BCUT2D eigenvalue weighted by atomic mass is 35.5. The minimum atomic E-state index is 0.401. The van der Waals surface area contributed by atoms with Crippen LogP contribution < -0.4 is 10.5 Å². The van der Waals surface area contributed by atoms with Crippen molar-refractivity contribution in [1.29, 1.82) is 0 Å². The van der Waals surface area contributed by atoms with Crippen molar-refractivity contribution in [2.45, 2.75) is 19.8 Å². The van der Waals surface area contributed by atoms with Gasteiger partial charge in [-0.3, -0.25) is 0 Å². The lowest BCUT2D eigenvalue weighted by molar-refractivity contribution is 0.483. The Balaban J connectivity index is 2.26.